The van der Waals surface area contributed by atoms with Crippen molar-refractivity contribution in [1.29, 1.82) is 0 Å². The van der Waals surface area contributed by atoms with Crippen molar-refractivity contribution in [2.75, 3.05) is 13.1 Å². The molecule has 0 heterocycles. The molecule has 0 saturated carbocycles. The van der Waals surface area contributed by atoms with Gasteiger partial charge in [-0.1, -0.05) is 265 Å². The highest BCUT2D eigenvalue weighted by Crippen LogP contribution is 2.17. The number of carboxylic acid groups (broad SMARTS) is 1. The summed E-state index contributed by atoms with van der Waals surface area (Å²) in [4.78, 5) is 40.2. The monoisotopic (exact) mass is 833 g/mol. The van der Waals surface area contributed by atoms with Crippen LogP contribution in [0.2, 0.25) is 0 Å². The van der Waals surface area contributed by atoms with Gasteiger partial charge < -0.3 is 15.3 Å². The molecular weight excluding hydrogens is 729 g/mol. The van der Waals surface area contributed by atoms with Gasteiger partial charge in [0.1, 0.15) is 6.04 Å². The molecule has 0 spiro atoms. The van der Waals surface area contributed by atoms with Crippen molar-refractivity contribution in [3.05, 3.63) is 0 Å². The summed E-state index contributed by atoms with van der Waals surface area (Å²) in [7, 11) is 0. The molecule has 2 amide bonds. The summed E-state index contributed by atoms with van der Waals surface area (Å²) < 4.78 is 0. The third-order valence-corrected chi connectivity index (χ3v) is 12.7. The fourth-order valence-electron chi connectivity index (χ4n) is 8.61. The molecule has 350 valence electrons. The summed E-state index contributed by atoms with van der Waals surface area (Å²) in [6.07, 6.45) is 53.9. The van der Waals surface area contributed by atoms with E-state index in [1.807, 2.05) is 4.90 Å². The number of hydrogen-bond donors (Lipinski definition) is 2. The fourth-order valence-corrected chi connectivity index (χ4v) is 8.61. The summed E-state index contributed by atoms with van der Waals surface area (Å²) in [6.45, 7) is 8.33. The lowest BCUT2D eigenvalue weighted by Crippen LogP contribution is -2.42. The minimum absolute atomic E-state index is 0.0476. The van der Waals surface area contributed by atoms with E-state index in [1.54, 1.807) is 0 Å². The van der Waals surface area contributed by atoms with Crippen molar-refractivity contribution >= 4 is 17.8 Å². The number of carbonyl (C=O) groups excluding carboxylic acids is 2. The van der Waals surface area contributed by atoms with E-state index in [2.05, 4.69) is 26.1 Å². The Morgan fingerprint density at radius 1 is 0.373 bits per heavy atom. The van der Waals surface area contributed by atoms with E-state index in [-0.39, 0.29) is 24.7 Å². The van der Waals surface area contributed by atoms with Gasteiger partial charge in [-0.3, -0.25) is 9.59 Å². The molecule has 0 aromatic rings. The van der Waals surface area contributed by atoms with Gasteiger partial charge in [-0.15, -0.1) is 0 Å². The molecule has 0 fully saturated rings. The van der Waals surface area contributed by atoms with Crippen molar-refractivity contribution in [3.63, 3.8) is 0 Å². The molecule has 0 aliphatic rings. The van der Waals surface area contributed by atoms with E-state index < -0.39 is 12.0 Å². The predicted octanol–water partition coefficient (Wildman–Crippen LogP) is 16.6. The SMILES string of the molecule is CCCCCCCCCCCCCCCCCCN(CCCCCCCCCCCCCCCCCC)C(=O)CC[C@H](NC(=O)CCCCCCCCCCC)C(=O)O. The second-order valence-electron chi connectivity index (χ2n) is 18.6. The number of unbranched alkanes of at least 4 members (excludes halogenated alkanes) is 38. The highest BCUT2D eigenvalue weighted by atomic mass is 16.4. The first kappa shape index (κ1) is 57.4. The topological polar surface area (TPSA) is 86.7 Å². The van der Waals surface area contributed by atoms with Crippen LogP contribution in [0.4, 0.5) is 0 Å². The third-order valence-electron chi connectivity index (χ3n) is 12.7. The van der Waals surface area contributed by atoms with Crippen LogP contribution in [0, 0.1) is 0 Å². The van der Waals surface area contributed by atoms with Crippen LogP contribution in [0.3, 0.4) is 0 Å². The molecule has 0 rings (SSSR count). The lowest BCUT2D eigenvalue weighted by Gasteiger charge is -2.24. The lowest BCUT2D eigenvalue weighted by atomic mass is 10.0. The Morgan fingerprint density at radius 2 is 0.627 bits per heavy atom. The van der Waals surface area contributed by atoms with Gasteiger partial charge in [0.2, 0.25) is 11.8 Å². The van der Waals surface area contributed by atoms with Crippen LogP contribution in [0.15, 0.2) is 0 Å². The normalized spacial score (nSPS) is 11.9. The average Bonchev–Trinajstić information content (AvgIpc) is 3.23. The van der Waals surface area contributed by atoms with E-state index in [9.17, 15) is 19.5 Å². The van der Waals surface area contributed by atoms with Gasteiger partial charge in [-0.2, -0.15) is 0 Å². The molecule has 0 aromatic carbocycles. The molecule has 0 aliphatic heterocycles. The molecule has 0 bridgehead atoms. The minimum atomic E-state index is -1.04. The second-order valence-corrected chi connectivity index (χ2v) is 18.6. The van der Waals surface area contributed by atoms with Crippen molar-refractivity contribution in [1.82, 2.24) is 10.2 Å². The maximum absolute atomic E-state index is 13.5. The van der Waals surface area contributed by atoms with E-state index in [1.165, 1.54) is 218 Å². The Morgan fingerprint density at radius 3 is 0.898 bits per heavy atom. The number of hydrogen-bond acceptors (Lipinski definition) is 3. The van der Waals surface area contributed by atoms with Gasteiger partial charge >= 0.3 is 5.97 Å². The van der Waals surface area contributed by atoms with Crippen molar-refractivity contribution in [2.45, 2.75) is 309 Å². The zero-order chi connectivity index (χ0) is 43.1. The zero-order valence-corrected chi connectivity index (χ0v) is 40.2. The minimum Gasteiger partial charge on any atom is -0.480 e. The van der Waals surface area contributed by atoms with Gasteiger partial charge in [-0.05, 0) is 25.7 Å². The highest BCUT2D eigenvalue weighted by Gasteiger charge is 2.22. The quantitative estimate of drug-likeness (QED) is 0.0598. The van der Waals surface area contributed by atoms with Crippen molar-refractivity contribution in [3.8, 4) is 0 Å². The van der Waals surface area contributed by atoms with E-state index in [0.29, 0.717) is 6.42 Å². The second kappa shape index (κ2) is 47.5. The molecule has 0 unspecified atom stereocenters. The first-order valence-corrected chi connectivity index (χ1v) is 26.8. The lowest BCUT2D eigenvalue weighted by molar-refractivity contribution is -0.142. The molecular formula is C53H104N2O4. The van der Waals surface area contributed by atoms with Gasteiger partial charge in [0, 0.05) is 25.9 Å². The Bertz CT molecular complexity index is 859. The summed E-state index contributed by atoms with van der Waals surface area (Å²) in [5.41, 5.74) is 0. The molecule has 6 heteroatoms. The summed E-state index contributed by atoms with van der Waals surface area (Å²) in [5.74, 6) is -1.20. The number of rotatable bonds is 49. The fraction of sp³-hybridized carbons (Fsp3) is 0.943. The maximum Gasteiger partial charge on any atom is 0.326 e. The number of aliphatic carboxylic acids is 1. The van der Waals surface area contributed by atoms with Crippen LogP contribution in [-0.2, 0) is 14.4 Å². The van der Waals surface area contributed by atoms with Gasteiger partial charge in [0.15, 0.2) is 0 Å². The molecule has 1 atom stereocenters. The number of amides is 2. The first-order valence-electron chi connectivity index (χ1n) is 26.8. The molecule has 2 N–H and O–H groups in total. The summed E-state index contributed by atoms with van der Waals surface area (Å²) in [6, 6.07) is -1.00. The molecule has 0 radical (unpaired) electrons. The van der Waals surface area contributed by atoms with Crippen LogP contribution in [-0.4, -0.2) is 46.9 Å². The number of carbonyl (C=O) groups is 3. The number of nitrogens with zero attached hydrogens (tertiary/aromatic N) is 1. The third kappa shape index (κ3) is 42.9. The van der Waals surface area contributed by atoms with E-state index >= 15 is 0 Å². The van der Waals surface area contributed by atoms with Crippen LogP contribution in [0.5, 0.6) is 0 Å². The molecule has 0 saturated heterocycles. The average molecular weight is 833 g/mol. The van der Waals surface area contributed by atoms with Gasteiger partial charge in [-0.25, -0.2) is 4.79 Å². The molecule has 0 aliphatic carbocycles. The van der Waals surface area contributed by atoms with Gasteiger partial charge in [0.25, 0.3) is 0 Å². The smallest absolute Gasteiger partial charge is 0.326 e. The summed E-state index contributed by atoms with van der Waals surface area (Å²) in [5, 5.41) is 12.6. The van der Waals surface area contributed by atoms with Crippen LogP contribution >= 0.6 is 0 Å². The molecule has 0 aromatic heterocycles. The maximum atomic E-state index is 13.5. The predicted molar refractivity (Wildman–Crippen MR) is 256 cm³/mol. The standard InChI is InChI=1S/C53H104N2O4/c1-4-7-10-13-16-19-21-23-25-27-29-31-34-37-40-43-48-55(49-44-41-38-35-32-30-28-26-24-22-20-17-14-11-8-5-2)52(57)47-46-50(53(58)59)54-51(56)45-42-39-36-33-18-15-12-9-6-3/h50H,4-49H2,1-3H3,(H,54,56)(H,58,59)/t50-/m0/s1. The largest absolute Gasteiger partial charge is 0.480 e. The van der Waals surface area contributed by atoms with Crippen molar-refractivity contribution in [2.24, 2.45) is 0 Å². The number of carboxylic acids is 1. The summed E-state index contributed by atoms with van der Waals surface area (Å²) >= 11 is 0. The Hall–Kier alpha value is -1.59. The Balaban J connectivity index is 4.49. The van der Waals surface area contributed by atoms with Crippen LogP contribution < -0.4 is 5.32 Å². The Kier molecular flexibility index (Phi) is 46.2. The molecule has 6 nitrogen and oxygen atoms in total. The van der Waals surface area contributed by atoms with Gasteiger partial charge in [0.05, 0.1) is 0 Å². The van der Waals surface area contributed by atoms with Crippen LogP contribution in [0.25, 0.3) is 0 Å². The number of nitrogens with one attached hydrogen (secondary N) is 1. The zero-order valence-electron chi connectivity index (χ0n) is 40.2. The van der Waals surface area contributed by atoms with Crippen molar-refractivity contribution < 1.29 is 19.5 Å². The first-order chi connectivity index (χ1) is 29.0. The Labute approximate surface area is 368 Å². The van der Waals surface area contributed by atoms with E-state index in [4.69, 9.17) is 0 Å². The highest BCUT2D eigenvalue weighted by molar-refractivity contribution is 5.84. The van der Waals surface area contributed by atoms with E-state index in [0.717, 1.165) is 58.0 Å². The van der Waals surface area contributed by atoms with Crippen LogP contribution in [0.1, 0.15) is 303 Å². The molecule has 59 heavy (non-hydrogen) atoms.